The first-order valence-corrected chi connectivity index (χ1v) is 6.61. The Balaban J connectivity index is 3.30. The third-order valence-electron chi connectivity index (χ3n) is 2.73. The average Bonchev–Trinajstić information content (AvgIpc) is 2.26. The van der Waals surface area contributed by atoms with Gasteiger partial charge in [-0.15, -0.1) is 0 Å². The summed E-state index contributed by atoms with van der Waals surface area (Å²) < 4.78 is 51.2. The van der Waals surface area contributed by atoms with Crippen molar-refractivity contribution in [1.29, 1.82) is 0 Å². The molecule has 0 unspecified atom stereocenters. The molecule has 0 aromatic heterocycles. The van der Waals surface area contributed by atoms with Crippen molar-refractivity contribution in [2.45, 2.75) is 24.3 Å². The molecule has 0 atom stereocenters. The van der Waals surface area contributed by atoms with Gasteiger partial charge in [-0.3, -0.25) is 0 Å². The molecule has 0 amide bonds. The molecule has 0 saturated heterocycles. The smallest absolute Gasteiger partial charge is 0.243 e. The molecule has 0 heterocycles. The van der Waals surface area contributed by atoms with E-state index in [0.29, 0.717) is 6.07 Å². The van der Waals surface area contributed by atoms with Gasteiger partial charge in [0.15, 0.2) is 0 Å². The van der Waals surface area contributed by atoms with Gasteiger partial charge in [-0.05, 0) is 26.0 Å². The van der Waals surface area contributed by atoms with E-state index in [-0.39, 0.29) is 0 Å². The van der Waals surface area contributed by atoms with Crippen molar-refractivity contribution >= 4 is 10.0 Å². The molecule has 0 aliphatic heterocycles. The molecular weight excluding hydrogens is 264 g/mol. The van der Waals surface area contributed by atoms with Crippen LogP contribution in [-0.4, -0.2) is 37.0 Å². The fraction of sp³-hybridized carbons (Fsp3) is 0.455. The summed E-state index contributed by atoms with van der Waals surface area (Å²) in [7, 11) is -2.82. The second-order valence-corrected chi connectivity index (χ2v) is 6.52. The Morgan fingerprint density at radius 3 is 2.06 bits per heavy atom. The summed E-state index contributed by atoms with van der Waals surface area (Å²) in [5.41, 5.74) is -1.07. The first-order valence-electron chi connectivity index (χ1n) is 5.17. The van der Waals surface area contributed by atoms with E-state index in [2.05, 4.69) is 0 Å². The molecule has 1 rings (SSSR count). The maximum Gasteiger partial charge on any atom is 0.243 e. The minimum atomic E-state index is -4.06. The Morgan fingerprint density at radius 1 is 1.22 bits per heavy atom. The van der Waals surface area contributed by atoms with Crippen LogP contribution in [-0.2, 0) is 10.0 Å². The zero-order valence-corrected chi connectivity index (χ0v) is 11.1. The lowest BCUT2D eigenvalue weighted by Gasteiger charge is -2.32. The van der Waals surface area contributed by atoms with Gasteiger partial charge in [-0.1, -0.05) is 0 Å². The Labute approximate surface area is 105 Å². The van der Waals surface area contributed by atoms with Crippen LogP contribution in [0.25, 0.3) is 0 Å². The van der Waals surface area contributed by atoms with Crippen LogP contribution in [0.1, 0.15) is 13.8 Å². The molecule has 0 saturated carbocycles. The van der Waals surface area contributed by atoms with Crippen LogP contribution in [0, 0.1) is 11.6 Å². The monoisotopic (exact) mass is 279 g/mol. The van der Waals surface area contributed by atoms with Crippen LogP contribution in [0.4, 0.5) is 8.78 Å². The Kier molecular flexibility index (Phi) is 4.09. The minimum absolute atomic E-state index is 0.416. The van der Waals surface area contributed by atoms with Gasteiger partial charge in [0.2, 0.25) is 10.0 Å². The molecule has 0 bridgehead atoms. The van der Waals surface area contributed by atoms with Crippen LogP contribution in [0.3, 0.4) is 0 Å². The van der Waals surface area contributed by atoms with Crippen molar-refractivity contribution in [2.24, 2.45) is 0 Å². The van der Waals surface area contributed by atoms with E-state index >= 15 is 0 Å². The number of aliphatic hydroxyl groups is 1. The van der Waals surface area contributed by atoms with Gasteiger partial charge >= 0.3 is 0 Å². The van der Waals surface area contributed by atoms with Crippen molar-refractivity contribution in [3.63, 3.8) is 0 Å². The Hall–Kier alpha value is -1.05. The third kappa shape index (κ3) is 2.85. The normalized spacial score (nSPS) is 13.1. The standard InChI is InChI=1S/C11H15F2NO3S/c1-11(2,7-15)14(3)18(16,17)10-5-8(12)4-9(13)6-10/h4-6,15H,7H2,1-3H3. The van der Waals surface area contributed by atoms with Crippen LogP contribution in [0.5, 0.6) is 0 Å². The highest BCUT2D eigenvalue weighted by atomic mass is 32.2. The molecule has 102 valence electrons. The minimum Gasteiger partial charge on any atom is -0.394 e. The van der Waals surface area contributed by atoms with E-state index in [1.807, 2.05) is 0 Å². The highest BCUT2D eigenvalue weighted by Crippen LogP contribution is 2.23. The highest BCUT2D eigenvalue weighted by Gasteiger charge is 2.34. The number of benzene rings is 1. The summed E-state index contributed by atoms with van der Waals surface area (Å²) >= 11 is 0. The molecular formula is C11H15F2NO3S. The first-order chi connectivity index (χ1) is 8.11. The number of sulfonamides is 1. The molecule has 18 heavy (non-hydrogen) atoms. The largest absolute Gasteiger partial charge is 0.394 e. The number of rotatable bonds is 4. The van der Waals surface area contributed by atoms with Gasteiger partial charge in [0.1, 0.15) is 11.6 Å². The molecule has 1 aromatic rings. The van der Waals surface area contributed by atoms with Gasteiger partial charge in [0.05, 0.1) is 17.0 Å². The van der Waals surface area contributed by atoms with Crippen molar-refractivity contribution in [3.8, 4) is 0 Å². The number of aliphatic hydroxyl groups excluding tert-OH is 1. The summed E-state index contributed by atoms with van der Waals surface area (Å²) in [5.74, 6) is -1.94. The van der Waals surface area contributed by atoms with Crippen molar-refractivity contribution in [2.75, 3.05) is 13.7 Å². The van der Waals surface area contributed by atoms with Crippen LogP contribution < -0.4 is 0 Å². The number of hydrogen-bond acceptors (Lipinski definition) is 3. The van der Waals surface area contributed by atoms with Gasteiger partial charge in [0.25, 0.3) is 0 Å². The number of nitrogens with zero attached hydrogens (tertiary/aromatic N) is 1. The van der Waals surface area contributed by atoms with Crippen LogP contribution >= 0.6 is 0 Å². The molecule has 4 nitrogen and oxygen atoms in total. The van der Waals surface area contributed by atoms with Crippen LogP contribution in [0.2, 0.25) is 0 Å². The van der Waals surface area contributed by atoms with E-state index in [1.54, 1.807) is 0 Å². The Morgan fingerprint density at radius 2 is 1.67 bits per heavy atom. The molecule has 0 aliphatic rings. The zero-order valence-electron chi connectivity index (χ0n) is 10.3. The third-order valence-corrected chi connectivity index (χ3v) is 4.78. The van der Waals surface area contributed by atoms with E-state index in [4.69, 9.17) is 5.11 Å². The van der Waals surface area contributed by atoms with Gasteiger partial charge in [-0.25, -0.2) is 17.2 Å². The first kappa shape index (κ1) is 15.0. The SMILES string of the molecule is CN(C(C)(C)CO)S(=O)(=O)c1cc(F)cc(F)c1. The Bertz CT molecular complexity index is 523. The maximum absolute atomic E-state index is 13.0. The number of hydrogen-bond donors (Lipinski definition) is 1. The summed E-state index contributed by atoms with van der Waals surface area (Å²) in [5, 5.41) is 9.13. The zero-order chi connectivity index (χ0) is 14.1. The van der Waals surface area contributed by atoms with Gasteiger partial charge < -0.3 is 5.11 Å². The predicted molar refractivity (Wildman–Crippen MR) is 62.5 cm³/mol. The summed E-state index contributed by atoms with van der Waals surface area (Å²) in [6.45, 7) is 2.58. The lowest BCUT2D eigenvalue weighted by molar-refractivity contribution is 0.138. The topological polar surface area (TPSA) is 57.6 Å². The van der Waals surface area contributed by atoms with E-state index in [0.717, 1.165) is 16.4 Å². The van der Waals surface area contributed by atoms with Crippen molar-refractivity contribution < 1.29 is 22.3 Å². The summed E-state index contributed by atoms with van der Waals surface area (Å²) in [6.07, 6.45) is 0. The second-order valence-electron chi connectivity index (χ2n) is 4.55. The molecule has 0 aliphatic carbocycles. The lowest BCUT2D eigenvalue weighted by atomic mass is 10.1. The lowest BCUT2D eigenvalue weighted by Crippen LogP contribution is -2.47. The fourth-order valence-corrected chi connectivity index (χ4v) is 2.81. The van der Waals surface area contributed by atoms with Crippen LogP contribution in [0.15, 0.2) is 23.1 Å². The summed E-state index contributed by atoms with van der Waals surface area (Å²) in [4.78, 5) is -0.482. The van der Waals surface area contributed by atoms with E-state index < -0.39 is 38.7 Å². The summed E-state index contributed by atoms with van der Waals surface area (Å²) in [6, 6.07) is 2.07. The molecule has 0 fully saturated rings. The number of halogens is 2. The molecule has 1 N–H and O–H groups in total. The highest BCUT2D eigenvalue weighted by molar-refractivity contribution is 7.89. The maximum atomic E-state index is 13.0. The average molecular weight is 279 g/mol. The fourth-order valence-electron chi connectivity index (χ4n) is 1.26. The molecule has 7 heteroatoms. The van der Waals surface area contributed by atoms with Crippen molar-refractivity contribution in [3.05, 3.63) is 29.8 Å². The predicted octanol–water partition coefficient (Wildman–Crippen LogP) is 1.36. The van der Waals surface area contributed by atoms with Gasteiger partial charge in [0, 0.05) is 13.1 Å². The quantitative estimate of drug-likeness (QED) is 0.905. The van der Waals surface area contributed by atoms with E-state index in [9.17, 15) is 17.2 Å². The van der Waals surface area contributed by atoms with E-state index in [1.165, 1.54) is 20.9 Å². The molecule has 0 radical (unpaired) electrons. The van der Waals surface area contributed by atoms with Crippen molar-refractivity contribution in [1.82, 2.24) is 4.31 Å². The molecule has 1 aromatic carbocycles. The number of likely N-dealkylation sites (N-methyl/N-ethyl adjacent to an activating group) is 1. The molecule has 0 spiro atoms. The second kappa shape index (κ2) is 4.91. The van der Waals surface area contributed by atoms with Gasteiger partial charge in [-0.2, -0.15) is 4.31 Å².